The van der Waals surface area contributed by atoms with Crippen molar-refractivity contribution in [2.45, 2.75) is 5.16 Å². The minimum atomic E-state index is -3.97. The second-order valence-electron chi connectivity index (χ2n) is 2.43. The molecular weight excluding hydrogens is 232 g/mol. The first kappa shape index (κ1) is 9.16. The number of hydrogen-bond acceptors (Lipinski definition) is 5. The van der Waals surface area contributed by atoms with Gasteiger partial charge in [0.15, 0.2) is 5.65 Å². The normalized spacial score (nSPS) is 12.1. The molecule has 0 aliphatic carbocycles. The molecular formula is C5H3ClN4O3S. The number of hydrogen-bond donors (Lipinski definition) is 2. The molecule has 2 aromatic heterocycles. The van der Waals surface area contributed by atoms with E-state index in [4.69, 9.17) is 10.7 Å². The van der Waals surface area contributed by atoms with Crippen LogP contribution in [0.1, 0.15) is 0 Å². The molecule has 2 N–H and O–H groups in total. The molecule has 2 rings (SSSR count). The summed E-state index contributed by atoms with van der Waals surface area (Å²) >= 11 is 0. The highest BCUT2D eigenvalue weighted by Gasteiger charge is 2.14. The Labute approximate surface area is 81.6 Å². The van der Waals surface area contributed by atoms with Crippen LogP contribution >= 0.6 is 10.7 Å². The van der Waals surface area contributed by atoms with Gasteiger partial charge in [0.05, 0.1) is 6.20 Å². The monoisotopic (exact) mass is 234 g/mol. The highest BCUT2D eigenvalue weighted by atomic mass is 35.7. The van der Waals surface area contributed by atoms with Gasteiger partial charge in [0.1, 0.15) is 5.52 Å². The van der Waals surface area contributed by atoms with Crippen LogP contribution in [0.4, 0.5) is 0 Å². The molecule has 0 atom stereocenters. The number of imidazole rings is 1. The Morgan fingerprint density at radius 2 is 2.07 bits per heavy atom. The minimum absolute atomic E-state index is 0.101. The van der Waals surface area contributed by atoms with Gasteiger partial charge in [-0.05, 0) is 0 Å². The van der Waals surface area contributed by atoms with E-state index in [0.29, 0.717) is 5.52 Å². The second kappa shape index (κ2) is 2.79. The number of aromatic amines is 2. The van der Waals surface area contributed by atoms with Gasteiger partial charge in [-0.1, -0.05) is 0 Å². The van der Waals surface area contributed by atoms with Gasteiger partial charge in [-0.15, -0.1) is 0 Å². The fourth-order valence-electron chi connectivity index (χ4n) is 0.931. The number of rotatable bonds is 1. The van der Waals surface area contributed by atoms with Gasteiger partial charge in [-0.3, -0.25) is 4.98 Å². The summed E-state index contributed by atoms with van der Waals surface area (Å²) in [6.07, 6.45) is 1.16. The second-order valence-corrected chi connectivity index (χ2v) is 4.89. The first-order chi connectivity index (χ1) is 6.47. The first-order valence-electron chi connectivity index (χ1n) is 3.36. The van der Waals surface area contributed by atoms with Gasteiger partial charge in [-0.2, -0.15) is 4.98 Å². The van der Waals surface area contributed by atoms with Crippen LogP contribution in [-0.2, 0) is 9.05 Å². The van der Waals surface area contributed by atoms with E-state index >= 15 is 0 Å². The van der Waals surface area contributed by atoms with Gasteiger partial charge >= 0.3 is 5.69 Å². The van der Waals surface area contributed by atoms with E-state index in [9.17, 15) is 13.2 Å². The third kappa shape index (κ3) is 1.49. The summed E-state index contributed by atoms with van der Waals surface area (Å²) in [5.41, 5.74) is -0.0679. The highest BCUT2D eigenvalue weighted by Crippen LogP contribution is 2.10. The largest absolute Gasteiger partial charge is 0.325 e. The number of aromatic nitrogens is 4. The smallest absolute Gasteiger partial charge is 0.303 e. The van der Waals surface area contributed by atoms with Crippen LogP contribution in [-0.4, -0.2) is 28.4 Å². The van der Waals surface area contributed by atoms with E-state index in [1.165, 1.54) is 0 Å². The topological polar surface area (TPSA) is 109 Å². The van der Waals surface area contributed by atoms with E-state index < -0.39 is 19.9 Å². The van der Waals surface area contributed by atoms with Crippen LogP contribution in [0, 0.1) is 0 Å². The van der Waals surface area contributed by atoms with E-state index in [-0.39, 0.29) is 5.65 Å². The Bertz CT molecular complexity index is 642. The van der Waals surface area contributed by atoms with Crippen molar-refractivity contribution in [3.63, 3.8) is 0 Å². The molecule has 14 heavy (non-hydrogen) atoms. The molecule has 0 saturated heterocycles. The quantitative estimate of drug-likeness (QED) is 0.514. The molecule has 9 heteroatoms. The maximum atomic E-state index is 10.8. The van der Waals surface area contributed by atoms with Crippen molar-refractivity contribution in [2.24, 2.45) is 0 Å². The summed E-state index contributed by atoms with van der Waals surface area (Å²) in [7, 11) is 1.04. The summed E-state index contributed by atoms with van der Waals surface area (Å²) in [4.78, 5) is 22.5. The average Bonchev–Trinajstić information content (AvgIpc) is 2.41. The summed E-state index contributed by atoms with van der Waals surface area (Å²) in [6.45, 7) is 0. The molecule has 0 amide bonds. The molecule has 74 valence electrons. The lowest BCUT2D eigenvalue weighted by atomic mass is 10.6. The Balaban J connectivity index is 2.80. The van der Waals surface area contributed by atoms with E-state index in [1.807, 2.05) is 0 Å². The van der Waals surface area contributed by atoms with Crippen LogP contribution in [0.15, 0.2) is 16.1 Å². The predicted molar refractivity (Wildman–Crippen MR) is 47.5 cm³/mol. The fourth-order valence-corrected chi connectivity index (χ4v) is 1.53. The molecule has 0 aromatic carbocycles. The Hall–Kier alpha value is -1.41. The third-order valence-corrected chi connectivity index (χ3v) is 2.51. The standard InChI is InChI=1S/C5H3ClN4O3S/c6-14(12,13)5-7-1-2-3(10-5)9-4(11)8-2/h1H,(H2,7,8,9,10,11). The molecule has 0 radical (unpaired) electrons. The molecule has 0 aliphatic rings. The Morgan fingerprint density at radius 1 is 1.36 bits per heavy atom. The van der Waals surface area contributed by atoms with Crippen molar-refractivity contribution in [3.8, 4) is 0 Å². The van der Waals surface area contributed by atoms with E-state index in [1.54, 1.807) is 0 Å². The van der Waals surface area contributed by atoms with Crippen LogP contribution in [0.5, 0.6) is 0 Å². The highest BCUT2D eigenvalue weighted by molar-refractivity contribution is 8.13. The fraction of sp³-hybridized carbons (Fsp3) is 0. The third-order valence-electron chi connectivity index (χ3n) is 1.46. The Morgan fingerprint density at radius 3 is 2.71 bits per heavy atom. The summed E-state index contributed by atoms with van der Waals surface area (Å²) in [5.74, 6) is 0. The molecule has 0 spiro atoms. The van der Waals surface area contributed by atoms with Gasteiger partial charge in [0.25, 0.3) is 14.2 Å². The SMILES string of the molecule is O=c1[nH]c2cnc(S(=O)(=O)Cl)nc2[nH]1. The number of halogens is 1. The zero-order chi connectivity index (χ0) is 10.3. The maximum Gasteiger partial charge on any atom is 0.325 e. The lowest BCUT2D eigenvalue weighted by Crippen LogP contribution is -2.00. The van der Waals surface area contributed by atoms with Gasteiger partial charge in [0, 0.05) is 10.7 Å². The van der Waals surface area contributed by atoms with Crippen molar-refractivity contribution in [1.29, 1.82) is 0 Å². The van der Waals surface area contributed by atoms with E-state index in [2.05, 4.69) is 19.9 Å². The van der Waals surface area contributed by atoms with Crippen LogP contribution in [0.25, 0.3) is 11.2 Å². The lowest BCUT2D eigenvalue weighted by Gasteiger charge is -1.92. The number of nitrogens with one attached hydrogen (secondary N) is 2. The summed E-state index contributed by atoms with van der Waals surface area (Å²) in [6, 6.07) is 0. The molecule has 0 saturated carbocycles. The molecule has 0 unspecified atom stereocenters. The van der Waals surface area contributed by atoms with Crippen LogP contribution in [0.2, 0.25) is 0 Å². The van der Waals surface area contributed by atoms with Gasteiger partial charge < -0.3 is 4.98 Å². The zero-order valence-electron chi connectivity index (χ0n) is 6.48. The summed E-state index contributed by atoms with van der Waals surface area (Å²) < 4.78 is 21.6. The van der Waals surface area contributed by atoms with Crippen molar-refractivity contribution >= 4 is 30.9 Å². The zero-order valence-corrected chi connectivity index (χ0v) is 8.06. The van der Waals surface area contributed by atoms with Crippen LogP contribution < -0.4 is 5.69 Å². The Kier molecular flexibility index (Phi) is 1.82. The number of H-pyrrole nitrogens is 2. The molecule has 0 fully saturated rings. The van der Waals surface area contributed by atoms with Gasteiger partial charge in [-0.25, -0.2) is 18.2 Å². The summed E-state index contributed by atoms with van der Waals surface area (Å²) in [5, 5.41) is -0.540. The maximum absolute atomic E-state index is 10.8. The molecule has 2 heterocycles. The van der Waals surface area contributed by atoms with Crippen molar-refractivity contribution in [1.82, 2.24) is 19.9 Å². The molecule has 2 aromatic rings. The average molecular weight is 235 g/mol. The predicted octanol–water partition coefficient (Wildman–Crippen LogP) is -0.426. The molecule has 0 aliphatic heterocycles. The number of fused-ring (bicyclic) bond motifs is 1. The van der Waals surface area contributed by atoms with Crippen LogP contribution in [0.3, 0.4) is 0 Å². The van der Waals surface area contributed by atoms with Crippen molar-refractivity contribution < 1.29 is 8.42 Å². The van der Waals surface area contributed by atoms with E-state index in [0.717, 1.165) is 6.20 Å². The van der Waals surface area contributed by atoms with Crippen molar-refractivity contribution in [2.75, 3.05) is 0 Å². The first-order valence-corrected chi connectivity index (χ1v) is 5.67. The molecule has 7 nitrogen and oxygen atoms in total. The molecule has 0 bridgehead atoms. The number of nitrogens with zero attached hydrogens (tertiary/aromatic N) is 2. The van der Waals surface area contributed by atoms with Crippen molar-refractivity contribution in [3.05, 3.63) is 16.7 Å². The minimum Gasteiger partial charge on any atom is -0.303 e. The lowest BCUT2D eigenvalue weighted by molar-refractivity contribution is 0.601. The van der Waals surface area contributed by atoms with Gasteiger partial charge in [0.2, 0.25) is 0 Å².